The number of ether oxygens (including phenoxy) is 1. The number of nitrogens with zero attached hydrogens (tertiary/aromatic N) is 1. The van der Waals surface area contributed by atoms with E-state index < -0.39 is 17.2 Å². The fraction of sp³-hybridized carbons (Fsp3) is 0.267. The van der Waals surface area contributed by atoms with Crippen LogP contribution in [0.5, 0.6) is 5.75 Å². The molecular weight excluding hydrogens is 286 g/mol. The number of amides is 1. The number of nitrogens with one attached hydrogen (secondary N) is 2. The maximum Gasteiger partial charge on any atom is 0.328 e. The quantitative estimate of drug-likeness (QED) is 0.816. The minimum absolute atomic E-state index is 0.0953. The summed E-state index contributed by atoms with van der Waals surface area (Å²) in [5, 5.41) is 2.66. The Morgan fingerprint density at radius 3 is 2.77 bits per heavy atom. The zero-order valence-electron chi connectivity index (χ0n) is 12.4. The molecule has 22 heavy (non-hydrogen) atoms. The molecule has 1 heterocycles. The lowest BCUT2D eigenvalue weighted by atomic mass is 10.1. The van der Waals surface area contributed by atoms with Crippen LogP contribution in [0, 0.1) is 0 Å². The van der Waals surface area contributed by atoms with E-state index in [1.54, 1.807) is 7.11 Å². The number of hydrogen-bond donors (Lipinski definition) is 2. The molecule has 0 fully saturated rings. The molecule has 1 aromatic carbocycles. The van der Waals surface area contributed by atoms with Crippen molar-refractivity contribution in [3.8, 4) is 5.75 Å². The number of carbonyl (C=O) groups excluding carboxylic acids is 1. The summed E-state index contributed by atoms with van der Waals surface area (Å²) in [6.07, 6.45) is 1.70. The van der Waals surface area contributed by atoms with Gasteiger partial charge >= 0.3 is 5.69 Å². The predicted molar refractivity (Wildman–Crippen MR) is 81.3 cm³/mol. The molecule has 1 amide bonds. The molecule has 0 saturated heterocycles. The van der Waals surface area contributed by atoms with Gasteiger partial charge in [0.05, 0.1) is 7.11 Å². The van der Waals surface area contributed by atoms with E-state index >= 15 is 0 Å². The highest BCUT2D eigenvalue weighted by atomic mass is 16.5. The van der Waals surface area contributed by atoms with Gasteiger partial charge in [-0.2, -0.15) is 0 Å². The summed E-state index contributed by atoms with van der Waals surface area (Å²) in [6.45, 7) is 0.349. The number of aromatic nitrogens is 2. The van der Waals surface area contributed by atoms with Gasteiger partial charge in [0.25, 0.3) is 11.5 Å². The zero-order chi connectivity index (χ0) is 16.1. The van der Waals surface area contributed by atoms with Crippen LogP contribution in [-0.2, 0) is 13.5 Å². The van der Waals surface area contributed by atoms with E-state index in [0.29, 0.717) is 13.0 Å². The van der Waals surface area contributed by atoms with E-state index in [4.69, 9.17) is 4.74 Å². The topological polar surface area (TPSA) is 93.2 Å². The van der Waals surface area contributed by atoms with Crippen LogP contribution in [-0.4, -0.2) is 29.1 Å². The summed E-state index contributed by atoms with van der Waals surface area (Å²) in [5.41, 5.74) is -0.323. The van der Waals surface area contributed by atoms with Crippen molar-refractivity contribution in [3.05, 3.63) is 62.4 Å². The Balaban J connectivity index is 2.04. The SMILES string of the molecule is COc1ccccc1CCNC(=O)c1c[nH]c(=O)n(C)c1=O. The van der Waals surface area contributed by atoms with Crippen molar-refractivity contribution < 1.29 is 9.53 Å². The van der Waals surface area contributed by atoms with Crippen LogP contribution in [0.15, 0.2) is 40.1 Å². The molecule has 2 rings (SSSR count). The van der Waals surface area contributed by atoms with Crippen LogP contribution >= 0.6 is 0 Å². The van der Waals surface area contributed by atoms with Gasteiger partial charge < -0.3 is 15.0 Å². The highest BCUT2D eigenvalue weighted by molar-refractivity contribution is 5.93. The Labute approximate surface area is 126 Å². The molecule has 1 aromatic heterocycles. The number of rotatable bonds is 5. The monoisotopic (exact) mass is 303 g/mol. The number of carbonyl (C=O) groups is 1. The van der Waals surface area contributed by atoms with Gasteiger partial charge in [0.2, 0.25) is 0 Å². The molecular formula is C15H17N3O4. The Morgan fingerprint density at radius 2 is 2.05 bits per heavy atom. The highest BCUT2D eigenvalue weighted by Gasteiger charge is 2.12. The van der Waals surface area contributed by atoms with E-state index in [1.807, 2.05) is 24.3 Å². The number of methoxy groups -OCH3 is 1. The second-order valence-corrected chi connectivity index (χ2v) is 4.69. The first-order chi connectivity index (χ1) is 10.5. The van der Waals surface area contributed by atoms with Gasteiger partial charge in [0, 0.05) is 19.8 Å². The number of H-pyrrole nitrogens is 1. The zero-order valence-corrected chi connectivity index (χ0v) is 12.4. The van der Waals surface area contributed by atoms with Crippen molar-refractivity contribution in [2.75, 3.05) is 13.7 Å². The van der Waals surface area contributed by atoms with E-state index in [-0.39, 0.29) is 5.56 Å². The maximum absolute atomic E-state index is 12.0. The Hall–Kier alpha value is -2.83. The smallest absolute Gasteiger partial charge is 0.328 e. The summed E-state index contributed by atoms with van der Waals surface area (Å²) in [6, 6.07) is 7.50. The summed E-state index contributed by atoms with van der Waals surface area (Å²) >= 11 is 0. The number of hydrogen-bond acceptors (Lipinski definition) is 4. The molecule has 116 valence electrons. The third-order valence-corrected chi connectivity index (χ3v) is 3.30. The first kappa shape index (κ1) is 15.6. The molecule has 7 heteroatoms. The van der Waals surface area contributed by atoms with Crippen molar-refractivity contribution in [2.45, 2.75) is 6.42 Å². The normalized spacial score (nSPS) is 10.3. The second-order valence-electron chi connectivity index (χ2n) is 4.69. The summed E-state index contributed by atoms with van der Waals surface area (Å²) in [5.74, 6) is 0.225. The van der Waals surface area contributed by atoms with E-state index in [1.165, 1.54) is 7.05 Å². The first-order valence-electron chi connectivity index (χ1n) is 6.73. The third kappa shape index (κ3) is 3.25. The van der Waals surface area contributed by atoms with Crippen molar-refractivity contribution in [3.63, 3.8) is 0 Å². The van der Waals surface area contributed by atoms with Gasteiger partial charge in [-0.1, -0.05) is 18.2 Å². The number of aromatic amines is 1. The summed E-state index contributed by atoms with van der Waals surface area (Å²) in [4.78, 5) is 37.4. The lowest BCUT2D eigenvalue weighted by Crippen LogP contribution is -2.39. The molecule has 0 bridgehead atoms. The average molecular weight is 303 g/mol. The van der Waals surface area contributed by atoms with Gasteiger partial charge in [-0.3, -0.25) is 14.2 Å². The van der Waals surface area contributed by atoms with E-state index in [9.17, 15) is 14.4 Å². The molecule has 2 N–H and O–H groups in total. The number of para-hydroxylation sites is 1. The molecule has 0 saturated carbocycles. The Morgan fingerprint density at radius 1 is 1.32 bits per heavy atom. The lowest BCUT2D eigenvalue weighted by molar-refractivity contribution is 0.0951. The minimum atomic E-state index is -0.626. The van der Waals surface area contributed by atoms with E-state index in [0.717, 1.165) is 22.1 Å². The summed E-state index contributed by atoms with van der Waals surface area (Å²) < 4.78 is 6.09. The predicted octanol–water partition coefficient (Wildman–Crippen LogP) is 0.0547. The molecule has 0 aliphatic carbocycles. The Kier molecular flexibility index (Phi) is 4.77. The Bertz CT molecular complexity index is 792. The highest BCUT2D eigenvalue weighted by Crippen LogP contribution is 2.17. The molecule has 0 atom stereocenters. The van der Waals surface area contributed by atoms with Crippen molar-refractivity contribution in [1.29, 1.82) is 0 Å². The van der Waals surface area contributed by atoms with Crippen LogP contribution < -0.4 is 21.3 Å². The molecule has 0 spiro atoms. The standard InChI is InChI=1S/C15H17N3O4/c1-18-14(20)11(9-17-15(18)21)13(19)16-8-7-10-5-3-4-6-12(10)22-2/h3-6,9H,7-8H2,1-2H3,(H,16,19)(H,17,21). The molecule has 0 aliphatic rings. The molecule has 7 nitrogen and oxygen atoms in total. The van der Waals surface area contributed by atoms with Gasteiger partial charge in [0.1, 0.15) is 11.3 Å². The van der Waals surface area contributed by atoms with Crippen molar-refractivity contribution >= 4 is 5.91 Å². The average Bonchev–Trinajstić information content (AvgIpc) is 2.53. The van der Waals surface area contributed by atoms with Crippen molar-refractivity contribution in [2.24, 2.45) is 7.05 Å². The van der Waals surface area contributed by atoms with Gasteiger partial charge in [-0.05, 0) is 18.1 Å². The van der Waals surface area contributed by atoms with E-state index in [2.05, 4.69) is 10.3 Å². The molecule has 0 unspecified atom stereocenters. The van der Waals surface area contributed by atoms with Crippen molar-refractivity contribution in [1.82, 2.24) is 14.9 Å². The van der Waals surface area contributed by atoms with Crippen LogP contribution in [0.25, 0.3) is 0 Å². The van der Waals surface area contributed by atoms with Gasteiger partial charge in [-0.15, -0.1) is 0 Å². The first-order valence-corrected chi connectivity index (χ1v) is 6.73. The fourth-order valence-corrected chi connectivity index (χ4v) is 2.04. The van der Waals surface area contributed by atoms with Crippen LogP contribution in [0.4, 0.5) is 0 Å². The largest absolute Gasteiger partial charge is 0.496 e. The fourth-order valence-electron chi connectivity index (χ4n) is 2.04. The summed E-state index contributed by atoms with van der Waals surface area (Å²) in [7, 11) is 2.90. The second kappa shape index (κ2) is 6.75. The third-order valence-electron chi connectivity index (χ3n) is 3.30. The molecule has 0 radical (unpaired) electrons. The van der Waals surface area contributed by atoms with Crippen LogP contribution in [0.2, 0.25) is 0 Å². The van der Waals surface area contributed by atoms with Gasteiger partial charge in [0.15, 0.2) is 0 Å². The molecule has 0 aliphatic heterocycles. The molecule has 2 aromatic rings. The minimum Gasteiger partial charge on any atom is -0.496 e. The lowest BCUT2D eigenvalue weighted by Gasteiger charge is -2.09. The number of benzene rings is 1. The van der Waals surface area contributed by atoms with Crippen LogP contribution in [0.1, 0.15) is 15.9 Å². The maximum atomic E-state index is 12.0. The van der Waals surface area contributed by atoms with Gasteiger partial charge in [-0.25, -0.2) is 4.79 Å². The van der Waals surface area contributed by atoms with Crippen LogP contribution in [0.3, 0.4) is 0 Å².